The lowest BCUT2D eigenvalue weighted by Gasteiger charge is -2.08. The Morgan fingerprint density at radius 3 is 2.29 bits per heavy atom. The van der Waals surface area contributed by atoms with Gasteiger partial charge in [-0.3, -0.25) is 9.52 Å². The van der Waals surface area contributed by atoms with Gasteiger partial charge in [-0.1, -0.05) is 22.9 Å². The Hall–Kier alpha value is -3.47. The van der Waals surface area contributed by atoms with Crippen LogP contribution < -0.4 is 9.52 Å². The van der Waals surface area contributed by atoms with Gasteiger partial charge < -0.3 is 9.30 Å². The van der Waals surface area contributed by atoms with Crippen LogP contribution in [0.3, 0.4) is 0 Å². The van der Waals surface area contributed by atoms with E-state index in [9.17, 15) is 18.0 Å². The van der Waals surface area contributed by atoms with Crippen LogP contribution in [0.4, 0.5) is 5.69 Å². The number of nitrogens with zero attached hydrogens (tertiary/aromatic N) is 2. The first-order chi connectivity index (χ1) is 16.2. The summed E-state index contributed by atoms with van der Waals surface area (Å²) in [7, 11) is -0.706. The maximum atomic E-state index is 12.7. The minimum Gasteiger partial charge on any atom is -0.465 e. The molecule has 0 spiro atoms. The highest BCUT2D eigenvalue weighted by atomic mass is 35.5. The number of anilines is 1. The van der Waals surface area contributed by atoms with Crippen LogP contribution in [0.2, 0.25) is 5.02 Å². The number of thiazole rings is 1. The monoisotopic (exact) mass is 515 g/mol. The van der Waals surface area contributed by atoms with Crippen LogP contribution in [0.1, 0.15) is 20.7 Å². The summed E-state index contributed by atoms with van der Waals surface area (Å²) < 4.78 is 34.8. The van der Waals surface area contributed by atoms with Crippen molar-refractivity contribution in [2.75, 3.05) is 11.8 Å². The number of amides is 1. The van der Waals surface area contributed by atoms with E-state index in [4.69, 9.17) is 16.3 Å². The number of rotatable bonds is 5. The van der Waals surface area contributed by atoms with Gasteiger partial charge in [0.15, 0.2) is 4.80 Å². The SMILES string of the molecule is COC(=O)c1ccc2c(c1)sc(=NC(=O)c1ccc(NS(=O)(=O)c3ccc(Cl)cc3)cc1)n2C. The maximum absolute atomic E-state index is 12.7. The molecule has 4 aromatic rings. The molecule has 4 rings (SSSR count). The summed E-state index contributed by atoms with van der Waals surface area (Å²) >= 11 is 7.07. The van der Waals surface area contributed by atoms with Gasteiger partial charge in [0, 0.05) is 23.3 Å². The van der Waals surface area contributed by atoms with Crippen molar-refractivity contribution in [1.82, 2.24) is 4.57 Å². The van der Waals surface area contributed by atoms with Crippen molar-refractivity contribution in [2.24, 2.45) is 12.0 Å². The lowest BCUT2D eigenvalue weighted by atomic mass is 10.2. The van der Waals surface area contributed by atoms with E-state index in [0.717, 1.165) is 10.2 Å². The largest absolute Gasteiger partial charge is 0.465 e. The molecule has 1 N–H and O–H groups in total. The molecule has 0 unspecified atom stereocenters. The van der Waals surface area contributed by atoms with E-state index >= 15 is 0 Å². The Balaban J connectivity index is 1.57. The first-order valence-electron chi connectivity index (χ1n) is 9.83. The Bertz CT molecular complexity index is 1570. The van der Waals surface area contributed by atoms with Crippen LogP contribution in [0, 0.1) is 0 Å². The number of aromatic nitrogens is 1. The Morgan fingerprint density at radius 1 is 1.00 bits per heavy atom. The Kier molecular flexibility index (Phi) is 6.56. The fourth-order valence-electron chi connectivity index (χ4n) is 3.15. The third-order valence-corrected chi connectivity index (χ3v) is 7.68. The summed E-state index contributed by atoms with van der Waals surface area (Å²) in [4.78, 5) is 29.2. The number of hydrogen-bond acceptors (Lipinski definition) is 6. The van der Waals surface area contributed by atoms with Crippen molar-refractivity contribution in [1.29, 1.82) is 0 Å². The third-order valence-electron chi connectivity index (χ3n) is 4.94. The predicted octanol–water partition coefficient (Wildman–Crippen LogP) is 4.22. The van der Waals surface area contributed by atoms with Gasteiger partial charge in [-0.15, -0.1) is 0 Å². The minimum atomic E-state index is -3.80. The quantitative estimate of drug-likeness (QED) is 0.400. The molecule has 1 amide bonds. The van der Waals surface area contributed by atoms with Gasteiger partial charge >= 0.3 is 5.97 Å². The topological polar surface area (TPSA) is 107 Å². The molecule has 34 heavy (non-hydrogen) atoms. The van der Waals surface area contributed by atoms with Gasteiger partial charge in [-0.05, 0) is 66.7 Å². The van der Waals surface area contributed by atoms with Crippen LogP contribution in [0.5, 0.6) is 0 Å². The van der Waals surface area contributed by atoms with Crippen molar-refractivity contribution < 1.29 is 22.7 Å². The number of nitrogens with one attached hydrogen (secondary N) is 1. The normalized spacial score (nSPS) is 12.0. The molecule has 0 aliphatic rings. The standard InChI is InChI=1S/C23H18ClN3O5S2/c1-27-19-12-5-15(22(29)32-2)13-20(19)33-23(27)25-21(28)14-3-8-17(9-4-14)26-34(30,31)18-10-6-16(24)7-11-18/h3-13,26H,1-2H3. The fourth-order valence-corrected chi connectivity index (χ4v) is 5.39. The van der Waals surface area contributed by atoms with Crippen LogP contribution in [0.25, 0.3) is 10.2 Å². The van der Waals surface area contributed by atoms with Gasteiger partial charge in [-0.25, -0.2) is 13.2 Å². The van der Waals surface area contributed by atoms with E-state index < -0.39 is 21.9 Å². The minimum absolute atomic E-state index is 0.0691. The number of halogens is 1. The molecule has 0 saturated heterocycles. The zero-order chi connectivity index (χ0) is 24.5. The molecule has 174 valence electrons. The highest BCUT2D eigenvalue weighted by molar-refractivity contribution is 7.92. The van der Waals surface area contributed by atoms with Crippen molar-refractivity contribution in [2.45, 2.75) is 4.90 Å². The van der Waals surface area contributed by atoms with Crippen LogP contribution in [-0.2, 0) is 21.8 Å². The van der Waals surface area contributed by atoms with E-state index in [0.29, 0.717) is 26.6 Å². The fraction of sp³-hybridized carbons (Fsp3) is 0.0870. The molecule has 0 atom stereocenters. The second-order valence-corrected chi connectivity index (χ2v) is 10.3. The zero-order valence-electron chi connectivity index (χ0n) is 18.0. The highest BCUT2D eigenvalue weighted by Crippen LogP contribution is 2.21. The number of carbonyl (C=O) groups excluding carboxylic acids is 2. The van der Waals surface area contributed by atoms with E-state index in [1.807, 2.05) is 0 Å². The van der Waals surface area contributed by atoms with Gasteiger partial charge in [0.1, 0.15) is 0 Å². The molecule has 11 heteroatoms. The zero-order valence-corrected chi connectivity index (χ0v) is 20.4. The average molecular weight is 516 g/mol. The van der Waals surface area contributed by atoms with Crippen LogP contribution in [-0.4, -0.2) is 32.0 Å². The number of benzene rings is 3. The summed E-state index contributed by atoms with van der Waals surface area (Å²) in [6.45, 7) is 0. The maximum Gasteiger partial charge on any atom is 0.337 e. The second kappa shape index (κ2) is 9.41. The van der Waals surface area contributed by atoms with Crippen LogP contribution >= 0.6 is 22.9 Å². The van der Waals surface area contributed by atoms with Gasteiger partial charge in [0.2, 0.25) is 0 Å². The van der Waals surface area contributed by atoms with Crippen molar-refractivity contribution in [3.63, 3.8) is 0 Å². The van der Waals surface area contributed by atoms with E-state index in [1.54, 1.807) is 29.8 Å². The Labute approximate surface area is 204 Å². The number of esters is 1. The third kappa shape index (κ3) is 4.89. The van der Waals surface area contributed by atoms with E-state index in [-0.39, 0.29) is 4.90 Å². The molecule has 1 heterocycles. The summed E-state index contributed by atoms with van der Waals surface area (Å²) in [5.41, 5.74) is 1.82. The molecule has 3 aromatic carbocycles. The average Bonchev–Trinajstić information content (AvgIpc) is 3.13. The number of carbonyl (C=O) groups is 2. The van der Waals surface area contributed by atoms with Gasteiger partial charge in [0.05, 0.1) is 27.8 Å². The van der Waals surface area contributed by atoms with Gasteiger partial charge in [-0.2, -0.15) is 4.99 Å². The number of aryl methyl sites for hydroxylation is 1. The molecular formula is C23H18ClN3O5S2. The number of fused-ring (bicyclic) bond motifs is 1. The summed E-state index contributed by atoms with van der Waals surface area (Å²) in [6, 6.07) is 16.9. The molecule has 8 nitrogen and oxygen atoms in total. The van der Waals surface area contributed by atoms with Crippen molar-refractivity contribution in [3.05, 3.63) is 87.7 Å². The molecule has 0 radical (unpaired) electrons. The first-order valence-corrected chi connectivity index (χ1v) is 12.5. The van der Waals surface area contributed by atoms with Crippen molar-refractivity contribution >= 4 is 60.7 Å². The van der Waals surface area contributed by atoms with Crippen molar-refractivity contribution in [3.8, 4) is 0 Å². The molecular weight excluding hydrogens is 498 g/mol. The van der Waals surface area contributed by atoms with E-state index in [2.05, 4.69) is 9.71 Å². The number of sulfonamides is 1. The smallest absolute Gasteiger partial charge is 0.337 e. The molecule has 0 aliphatic heterocycles. The molecule has 0 fully saturated rings. The number of methoxy groups -OCH3 is 1. The second-order valence-electron chi connectivity index (χ2n) is 7.17. The van der Waals surface area contributed by atoms with E-state index in [1.165, 1.54) is 67.0 Å². The number of hydrogen-bond donors (Lipinski definition) is 1. The van der Waals surface area contributed by atoms with Gasteiger partial charge in [0.25, 0.3) is 15.9 Å². The Morgan fingerprint density at radius 2 is 1.65 bits per heavy atom. The summed E-state index contributed by atoms with van der Waals surface area (Å²) in [6.07, 6.45) is 0. The molecule has 0 saturated carbocycles. The summed E-state index contributed by atoms with van der Waals surface area (Å²) in [5.74, 6) is -0.929. The highest BCUT2D eigenvalue weighted by Gasteiger charge is 2.15. The first kappa shape index (κ1) is 23.7. The number of ether oxygens (including phenoxy) is 1. The van der Waals surface area contributed by atoms with Crippen LogP contribution in [0.15, 0.2) is 76.6 Å². The summed E-state index contributed by atoms with van der Waals surface area (Å²) in [5, 5.41) is 0.432. The lowest BCUT2D eigenvalue weighted by molar-refractivity contribution is 0.0600. The molecule has 0 bridgehead atoms. The molecule has 0 aliphatic carbocycles. The predicted molar refractivity (Wildman–Crippen MR) is 131 cm³/mol. The lowest BCUT2D eigenvalue weighted by Crippen LogP contribution is -2.14. The molecule has 1 aromatic heterocycles.